The zero-order chi connectivity index (χ0) is 15.9. The molecule has 0 aliphatic rings. The van der Waals surface area contributed by atoms with Crippen molar-refractivity contribution in [2.24, 2.45) is 0 Å². The molecule has 0 heterocycles. The molecule has 0 saturated heterocycles. The number of hydrogen-bond donors (Lipinski definition) is 2. The molecule has 2 aromatic rings. The minimum Gasteiger partial charge on any atom is -0.453 e. The van der Waals surface area contributed by atoms with Gasteiger partial charge in [0.15, 0.2) is 0 Å². The van der Waals surface area contributed by atoms with Gasteiger partial charge >= 0.3 is 6.09 Å². The third-order valence-electron chi connectivity index (χ3n) is 3.34. The summed E-state index contributed by atoms with van der Waals surface area (Å²) < 4.78 is 4.56. The average molecular weight is 319 g/mol. The summed E-state index contributed by atoms with van der Waals surface area (Å²) in [7, 11) is 1.34. The first-order chi connectivity index (χ1) is 10.6. The molecule has 0 saturated carbocycles. The molecule has 0 radical (unpaired) electrons. The van der Waals surface area contributed by atoms with E-state index in [0.29, 0.717) is 5.69 Å². The molecule has 0 aromatic heterocycles. The highest BCUT2D eigenvalue weighted by Crippen LogP contribution is 2.24. The van der Waals surface area contributed by atoms with E-state index in [2.05, 4.69) is 22.3 Å². The average Bonchev–Trinajstić information content (AvgIpc) is 2.55. The van der Waals surface area contributed by atoms with Crippen molar-refractivity contribution >= 4 is 29.1 Å². The van der Waals surface area contributed by atoms with Crippen LogP contribution in [0, 0.1) is 0 Å². The van der Waals surface area contributed by atoms with E-state index in [1.807, 2.05) is 48.5 Å². The van der Waals surface area contributed by atoms with Gasteiger partial charge in [0.05, 0.1) is 13.2 Å². The molecule has 22 heavy (non-hydrogen) atoms. The monoisotopic (exact) mass is 318 g/mol. The number of rotatable bonds is 5. The maximum absolute atomic E-state index is 11.1. The molecule has 0 fully saturated rings. The molecule has 0 aliphatic heterocycles. The maximum Gasteiger partial charge on any atom is 0.411 e. The quantitative estimate of drug-likeness (QED) is 0.808. The Bertz CT molecular complexity index is 612. The predicted octanol–water partition coefficient (Wildman–Crippen LogP) is 5.08. The third-order valence-corrected chi connectivity index (χ3v) is 3.59. The van der Waals surface area contributed by atoms with E-state index in [1.54, 1.807) is 0 Å². The van der Waals surface area contributed by atoms with Crippen LogP contribution in [0.15, 0.2) is 48.5 Å². The van der Waals surface area contributed by atoms with Crippen LogP contribution in [-0.2, 0) is 4.74 Å². The van der Waals surface area contributed by atoms with Crippen LogP contribution in [0.5, 0.6) is 0 Å². The summed E-state index contributed by atoms with van der Waals surface area (Å²) >= 11 is 5.93. The molecule has 0 bridgehead atoms. The van der Waals surface area contributed by atoms with Crippen LogP contribution in [0.25, 0.3) is 0 Å². The molecular formula is C17H19ClN2O2. The van der Waals surface area contributed by atoms with E-state index in [-0.39, 0.29) is 6.04 Å². The first-order valence-electron chi connectivity index (χ1n) is 7.09. The first kappa shape index (κ1) is 16.2. The Balaban J connectivity index is 2.05. The zero-order valence-electron chi connectivity index (χ0n) is 12.6. The lowest BCUT2D eigenvalue weighted by molar-refractivity contribution is 0.187. The Morgan fingerprint density at radius 2 is 1.68 bits per heavy atom. The summed E-state index contributed by atoms with van der Waals surface area (Å²) in [5.41, 5.74) is 2.86. The fourth-order valence-corrected chi connectivity index (χ4v) is 2.26. The number of benzene rings is 2. The standard InChI is InChI=1S/C17H19ClN2O2/c1-3-16(12-4-6-13(18)7-5-12)19-14-8-10-15(11-9-14)20-17(21)22-2/h4-11,16,19H,3H2,1-2H3,(H,20,21). The topological polar surface area (TPSA) is 50.4 Å². The van der Waals surface area contributed by atoms with Gasteiger partial charge in [-0.05, 0) is 48.4 Å². The minimum absolute atomic E-state index is 0.205. The van der Waals surface area contributed by atoms with Gasteiger partial charge < -0.3 is 10.1 Å². The number of methoxy groups -OCH3 is 1. The zero-order valence-corrected chi connectivity index (χ0v) is 13.4. The van der Waals surface area contributed by atoms with Crippen molar-refractivity contribution in [2.45, 2.75) is 19.4 Å². The molecule has 2 rings (SSSR count). The van der Waals surface area contributed by atoms with Crippen LogP contribution in [0.4, 0.5) is 16.2 Å². The molecule has 0 spiro atoms. The van der Waals surface area contributed by atoms with E-state index in [4.69, 9.17) is 11.6 Å². The van der Waals surface area contributed by atoms with E-state index in [0.717, 1.165) is 17.1 Å². The summed E-state index contributed by atoms with van der Waals surface area (Å²) in [6.07, 6.45) is 0.470. The van der Waals surface area contributed by atoms with Gasteiger partial charge in [0.1, 0.15) is 0 Å². The number of carbonyl (C=O) groups excluding carboxylic acids is 1. The number of carbonyl (C=O) groups is 1. The lowest BCUT2D eigenvalue weighted by Gasteiger charge is -2.19. The number of amides is 1. The molecule has 0 aliphatic carbocycles. The van der Waals surface area contributed by atoms with Gasteiger partial charge in [0.2, 0.25) is 0 Å². The number of nitrogens with one attached hydrogen (secondary N) is 2. The normalized spacial score (nSPS) is 11.6. The van der Waals surface area contributed by atoms with Crippen molar-refractivity contribution in [3.63, 3.8) is 0 Å². The van der Waals surface area contributed by atoms with E-state index < -0.39 is 6.09 Å². The Hall–Kier alpha value is -2.20. The lowest BCUT2D eigenvalue weighted by atomic mass is 10.0. The van der Waals surface area contributed by atoms with Crippen LogP contribution in [0.1, 0.15) is 24.9 Å². The largest absolute Gasteiger partial charge is 0.453 e. The first-order valence-corrected chi connectivity index (χ1v) is 7.47. The van der Waals surface area contributed by atoms with Crippen LogP contribution in [0.3, 0.4) is 0 Å². The minimum atomic E-state index is -0.478. The number of anilines is 2. The molecule has 1 atom stereocenters. The van der Waals surface area contributed by atoms with Crippen molar-refractivity contribution in [1.82, 2.24) is 0 Å². The highest BCUT2D eigenvalue weighted by Gasteiger charge is 2.09. The van der Waals surface area contributed by atoms with Crippen LogP contribution < -0.4 is 10.6 Å². The summed E-state index contributed by atoms with van der Waals surface area (Å²) in [6.45, 7) is 2.12. The molecule has 5 heteroatoms. The molecule has 2 N–H and O–H groups in total. The second-order valence-corrected chi connectivity index (χ2v) is 5.29. The van der Waals surface area contributed by atoms with E-state index >= 15 is 0 Å². The Kier molecular flexibility index (Phi) is 5.67. The molecule has 2 aromatic carbocycles. The van der Waals surface area contributed by atoms with E-state index in [9.17, 15) is 4.79 Å². The summed E-state index contributed by atoms with van der Waals surface area (Å²) in [4.78, 5) is 11.1. The summed E-state index contributed by atoms with van der Waals surface area (Å²) in [5.74, 6) is 0. The maximum atomic E-state index is 11.1. The van der Waals surface area contributed by atoms with Crippen LogP contribution in [0.2, 0.25) is 5.02 Å². The molecule has 1 amide bonds. The third kappa shape index (κ3) is 4.40. The van der Waals surface area contributed by atoms with Gasteiger partial charge in [0.25, 0.3) is 0 Å². The van der Waals surface area contributed by atoms with Gasteiger partial charge in [-0.2, -0.15) is 0 Å². The summed E-state index contributed by atoms with van der Waals surface area (Å²) in [5, 5.41) is 6.83. The van der Waals surface area contributed by atoms with Gasteiger partial charge in [-0.3, -0.25) is 5.32 Å². The SMILES string of the molecule is CCC(Nc1ccc(NC(=O)OC)cc1)c1ccc(Cl)cc1. The van der Waals surface area contributed by atoms with Crippen molar-refractivity contribution in [2.75, 3.05) is 17.7 Å². The second kappa shape index (κ2) is 7.71. The summed E-state index contributed by atoms with van der Waals surface area (Å²) in [6, 6.07) is 15.5. The highest BCUT2D eigenvalue weighted by molar-refractivity contribution is 6.30. The number of hydrogen-bond acceptors (Lipinski definition) is 3. The molecule has 4 nitrogen and oxygen atoms in total. The van der Waals surface area contributed by atoms with Crippen molar-refractivity contribution in [1.29, 1.82) is 0 Å². The molecular weight excluding hydrogens is 300 g/mol. The van der Waals surface area contributed by atoms with Gasteiger partial charge in [-0.25, -0.2) is 4.79 Å². The molecule has 1 unspecified atom stereocenters. The highest BCUT2D eigenvalue weighted by atomic mass is 35.5. The molecule has 116 valence electrons. The number of halogens is 1. The van der Waals surface area contributed by atoms with Crippen LogP contribution in [-0.4, -0.2) is 13.2 Å². The van der Waals surface area contributed by atoms with E-state index in [1.165, 1.54) is 12.7 Å². The van der Waals surface area contributed by atoms with Crippen molar-refractivity contribution in [3.05, 3.63) is 59.1 Å². The van der Waals surface area contributed by atoms with Crippen molar-refractivity contribution in [3.8, 4) is 0 Å². The van der Waals surface area contributed by atoms with Gasteiger partial charge in [-0.15, -0.1) is 0 Å². The fourth-order valence-electron chi connectivity index (χ4n) is 2.14. The Labute approximate surface area is 135 Å². The lowest BCUT2D eigenvalue weighted by Crippen LogP contribution is -2.11. The predicted molar refractivity (Wildman–Crippen MR) is 90.6 cm³/mol. The number of ether oxygens (including phenoxy) is 1. The van der Waals surface area contributed by atoms with Gasteiger partial charge in [0, 0.05) is 16.4 Å². The van der Waals surface area contributed by atoms with Gasteiger partial charge in [-0.1, -0.05) is 30.7 Å². The van der Waals surface area contributed by atoms with Crippen molar-refractivity contribution < 1.29 is 9.53 Å². The Morgan fingerprint density at radius 1 is 1.09 bits per heavy atom. The van der Waals surface area contributed by atoms with Crippen LogP contribution >= 0.6 is 11.6 Å². The Morgan fingerprint density at radius 3 is 2.23 bits per heavy atom. The smallest absolute Gasteiger partial charge is 0.411 e. The fraction of sp³-hybridized carbons (Fsp3) is 0.235. The second-order valence-electron chi connectivity index (χ2n) is 4.85.